The quantitative estimate of drug-likeness (QED) is 0.597. The summed E-state index contributed by atoms with van der Waals surface area (Å²) in [5.41, 5.74) is 2.17. The van der Waals surface area contributed by atoms with Crippen LogP contribution in [0.15, 0.2) is 53.9 Å². The van der Waals surface area contributed by atoms with Crippen molar-refractivity contribution in [3.05, 3.63) is 59.6 Å². The van der Waals surface area contributed by atoms with Crippen LogP contribution in [0.3, 0.4) is 0 Å². The van der Waals surface area contributed by atoms with Crippen LogP contribution in [-0.2, 0) is 9.53 Å². The predicted molar refractivity (Wildman–Crippen MR) is 112 cm³/mol. The van der Waals surface area contributed by atoms with Crippen LogP contribution in [0.25, 0.3) is 16.3 Å². The summed E-state index contributed by atoms with van der Waals surface area (Å²) in [4.78, 5) is 28.1. The maximum absolute atomic E-state index is 13.3. The molecule has 0 aliphatic carbocycles. The second-order valence-corrected chi connectivity index (χ2v) is 7.91. The van der Waals surface area contributed by atoms with Crippen LogP contribution in [0.1, 0.15) is 30.3 Å². The van der Waals surface area contributed by atoms with Crippen molar-refractivity contribution in [1.29, 1.82) is 0 Å². The van der Waals surface area contributed by atoms with Gasteiger partial charge in [-0.1, -0.05) is 24.3 Å². The number of thiophene rings is 1. The van der Waals surface area contributed by atoms with E-state index < -0.39 is 0 Å². The highest BCUT2D eigenvalue weighted by Gasteiger charge is 2.30. The van der Waals surface area contributed by atoms with Crippen molar-refractivity contribution in [3.8, 4) is 16.3 Å². The number of hydrogen-bond donors (Lipinski definition) is 0. The molecule has 2 aromatic heterocycles. The van der Waals surface area contributed by atoms with Crippen molar-refractivity contribution in [2.24, 2.45) is 5.92 Å². The van der Waals surface area contributed by atoms with Crippen molar-refractivity contribution in [2.45, 2.75) is 19.8 Å². The minimum absolute atomic E-state index is 0.0635. The van der Waals surface area contributed by atoms with Crippen LogP contribution in [0.4, 0.5) is 0 Å². The summed E-state index contributed by atoms with van der Waals surface area (Å²) in [7, 11) is 0. The fraction of sp³-hybridized carbons (Fsp3) is 0.318. The van der Waals surface area contributed by atoms with E-state index in [1.165, 1.54) is 0 Å². The number of rotatable bonds is 5. The van der Waals surface area contributed by atoms with Gasteiger partial charge < -0.3 is 9.64 Å². The van der Waals surface area contributed by atoms with Crippen LogP contribution >= 0.6 is 11.3 Å². The first kappa shape index (κ1) is 19.4. The summed E-state index contributed by atoms with van der Waals surface area (Å²) in [5, 5.41) is 6.71. The summed E-state index contributed by atoms with van der Waals surface area (Å²) in [6, 6.07) is 15.5. The molecule has 1 aliphatic heterocycles. The van der Waals surface area contributed by atoms with E-state index in [0.29, 0.717) is 38.2 Å². The van der Waals surface area contributed by atoms with Crippen LogP contribution < -0.4 is 0 Å². The monoisotopic (exact) mass is 409 g/mol. The van der Waals surface area contributed by atoms with E-state index in [2.05, 4.69) is 0 Å². The Morgan fingerprint density at radius 2 is 1.90 bits per heavy atom. The maximum atomic E-state index is 13.3. The first-order chi connectivity index (χ1) is 14.2. The average molecular weight is 410 g/mol. The third kappa shape index (κ3) is 4.10. The van der Waals surface area contributed by atoms with Gasteiger partial charge >= 0.3 is 5.97 Å². The van der Waals surface area contributed by atoms with Crippen LogP contribution in [0.2, 0.25) is 0 Å². The normalized spacial score (nSPS) is 14.7. The molecule has 0 unspecified atom stereocenters. The third-order valence-electron chi connectivity index (χ3n) is 5.10. The molecule has 3 aromatic rings. The van der Waals surface area contributed by atoms with Gasteiger partial charge in [-0.15, -0.1) is 11.3 Å². The lowest BCUT2D eigenvalue weighted by Crippen LogP contribution is -2.41. The molecule has 1 saturated heterocycles. The number of carbonyl (C=O) groups excluding carboxylic acids is 2. The van der Waals surface area contributed by atoms with Crippen LogP contribution in [0.5, 0.6) is 0 Å². The molecule has 4 rings (SSSR count). The number of benzene rings is 1. The number of amides is 1. The van der Waals surface area contributed by atoms with E-state index >= 15 is 0 Å². The standard InChI is InChI=1S/C22H23N3O3S/c1-2-28-22(27)16-10-12-24(13-11-16)21(26)19-15-18(20-9-6-14-29-20)23-25(19)17-7-4-3-5-8-17/h3-9,14-16H,2,10-13H2,1H3. The highest BCUT2D eigenvalue weighted by molar-refractivity contribution is 7.13. The summed E-state index contributed by atoms with van der Waals surface area (Å²) >= 11 is 1.60. The van der Waals surface area contributed by atoms with Gasteiger partial charge in [0.1, 0.15) is 11.4 Å². The molecule has 0 spiro atoms. The number of aromatic nitrogens is 2. The molecular weight excluding hydrogens is 386 g/mol. The van der Waals surface area contributed by atoms with Gasteiger partial charge in [0.2, 0.25) is 0 Å². The number of nitrogens with zero attached hydrogens (tertiary/aromatic N) is 3. The minimum atomic E-state index is -0.158. The molecule has 29 heavy (non-hydrogen) atoms. The van der Waals surface area contributed by atoms with Crippen molar-refractivity contribution in [2.75, 3.05) is 19.7 Å². The van der Waals surface area contributed by atoms with E-state index in [-0.39, 0.29) is 17.8 Å². The Labute approximate surface area is 173 Å². The second kappa shape index (κ2) is 8.61. The van der Waals surface area contributed by atoms with Crippen molar-refractivity contribution in [3.63, 3.8) is 0 Å². The summed E-state index contributed by atoms with van der Waals surface area (Å²) < 4.78 is 6.85. The minimum Gasteiger partial charge on any atom is -0.466 e. The number of likely N-dealkylation sites (tertiary alicyclic amines) is 1. The number of ether oxygens (including phenoxy) is 1. The zero-order chi connectivity index (χ0) is 20.2. The molecule has 0 bridgehead atoms. The van der Waals surface area contributed by atoms with Crippen LogP contribution in [-0.4, -0.2) is 46.3 Å². The predicted octanol–water partition coefficient (Wildman–Crippen LogP) is 4.02. The summed E-state index contributed by atoms with van der Waals surface area (Å²) in [5.74, 6) is -0.347. The van der Waals surface area contributed by atoms with E-state index in [4.69, 9.17) is 9.84 Å². The zero-order valence-corrected chi connectivity index (χ0v) is 17.1. The highest BCUT2D eigenvalue weighted by Crippen LogP contribution is 2.27. The highest BCUT2D eigenvalue weighted by atomic mass is 32.1. The average Bonchev–Trinajstić information content (AvgIpc) is 3.44. The lowest BCUT2D eigenvalue weighted by atomic mass is 9.97. The van der Waals surface area contributed by atoms with Gasteiger partial charge in [0.05, 0.1) is 23.1 Å². The molecular formula is C22H23N3O3S. The number of hydrogen-bond acceptors (Lipinski definition) is 5. The lowest BCUT2D eigenvalue weighted by Gasteiger charge is -2.30. The second-order valence-electron chi connectivity index (χ2n) is 6.96. The molecule has 1 fully saturated rings. The Hall–Kier alpha value is -2.93. The molecule has 1 amide bonds. The fourth-order valence-corrected chi connectivity index (χ4v) is 4.27. The fourth-order valence-electron chi connectivity index (χ4n) is 3.58. The molecule has 7 heteroatoms. The van der Waals surface area contributed by atoms with E-state index in [1.807, 2.05) is 65.7 Å². The Bertz CT molecular complexity index is 974. The SMILES string of the molecule is CCOC(=O)C1CCN(C(=O)c2cc(-c3cccs3)nn2-c2ccccc2)CC1. The number of para-hydroxylation sites is 1. The van der Waals surface area contributed by atoms with Gasteiger partial charge in [0, 0.05) is 13.1 Å². The zero-order valence-electron chi connectivity index (χ0n) is 16.3. The first-order valence-electron chi connectivity index (χ1n) is 9.82. The molecule has 150 valence electrons. The van der Waals surface area contributed by atoms with Crippen molar-refractivity contribution >= 4 is 23.2 Å². The molecule has 6 nitrogen and oxygen atoms in total. The topological polar surface area (TPSA) is 64.4 Å². The Morgan fingerprint density at radius 3 is 2.55 bits per heavy atom. The molecule has 0 N–H and O–H groups in total. The Balaban J connectivity index is 1.59. The number of esters is 1. The third-order valence-corrected chi connectivity index (χ3v) is 6.00. The van der Waals surface area contributed by atoms with E-state index in [9.17, 15) is 9.59 Å². The lowest BCUT2D eigenvalue weighted by molar-refractivity contribution is -0.149. The number of carbonyl (C=O) groups is 2. The molecule has 0 radical (unpaired) electrons. The summed E-state index contributed by atoms with van der Waals surface area (Å²) in [6.45, 7) is 3.28. The summed E-state index contributed by atoms with van der Waals surface area (Å²) in [6.07, 6.45) is 1.25. The molecule has 3 heterocycles. The van der Waals surface area contributed by atoms with E-state index in [0.717, 1.165) is 16.3 Å². The largest absolute Gasteiger partial charge is 0.466 e. The van der Waals surface area contributed by atoms with Crippen molar-refractivity contribution < 1.29 is 14.3 Å². The van der Waals surface area contributed by atoms with Crippen molar-refractivity contribution in [1.82, 2.24) is 14.7 Å². The van der Waals surface area contributed by atoms with Gasteiger partial charge in [-0.25, -0.2) is 4.68 Å². The van der Waals surface area contributed by atoms with Gasteiger partial charge in [0.25, 0.3) is 5.91 Å². The molecule has 0 saturated carbocycles. The van der Waals surface area contributed by atoms with E-state index in [1.54, 1.807) is 16.0 Å². The van der Waals surface area contributed by atoms with Crippen LogP contribution in [0, 0.1) is 5.92 Å². The Morgan fingerprint density at radius 1 is 1.14 bits per heavy atom. The first-order valence-corrected chi connectivity index (χ1v) is 10.7. The van der Waals surface area contributed by atoms with Gasteiger partial charge in [-0.3, -0.25) is 9.59 Å². The van der Waals surface area contributed by atoms with Gasteiger partial charge in [-0.2, -0.15) is 5.10 Å². The van der Waals surface area contributed by atoms with Gasteiger partial charge in [0.15, 0.2) is 0 Å². The molecule has 1 aromatic carbocycles. The maximum Gasteiger partial charge on any atom is 0.309 e. The van der Waals surface area contributed by atoms with Gasteiger partial charge in [-0.05, 0) is 49.4 Å². The Kier molecular flexibility index (Phi) is 5.76. The smallest absolute Gasteiger partial charge is 0.309 e. The number of piperidine rings is 1. The molecule has 1 aliphatic rings. The molecule has 0 atom stereocenters.